The van der Waals surface area contributed by atoms with Crippen LogP contribution >= 0.6 is 0 Å². The molecule has 3 aromatic rings. The van der Waals surface area contributed by atoms with Crippen LogP contribution in [0.4, 0.5) is 10.5 Å². The molecule has 26 heavy (non-hydrogen) atoms. The molecule has 7 N–H and O–H groups in total. The van der Waals surface area contributed by atoms with E-state index in [4.69, 9.17) is 17.2 Å². The summed E-state index contributed by atoms with van der Waals surface area (Å²) in [6, 6.07) is 14.7. The van der Waals surface area contributed by atoms with Crippen molar-refractivity contribution >= 4 is 17.6 Å². The molecule has 0 aliphatic carbocycles. The molecule has 3 rings (SSSR count). The Balaban J connectivity index is 1.99. The van der Waals surface area contributed by atoms with Gasteiger partial charge in [-0.05, 0) is 28.8 Å². The van der Waals surface area contributed by atoms with Gasteiger partial charge in [0, 0.05) is 6.54 Å². The van der Waals surface area contributed by atoms with E-state index in [1.54, 1.807) is 0 Å². The first-order chi connectivity index (χ1) is 12.5. The van der Waals surface area contributed by atoms with Crippen LogP contribution in [-0.4, -0.2) is 21.7 Å². The smallest absolute Gasteiger partial charge is 0.316 e. The quantitative estimate of drug-likeness (QED) is 0.554. The number of nitrogens with zero attached hydrogens (tertiary/aromatic N) is 2. The Labute approximate surface area is 149 Å². The summed E-state index contributed by atoms with van der Waals surface area (Å²) in [6.45, 7) is 0.485. The fraction of sp³-hybridized carbons (Fsp3) is 0.0556. The zero-order chi connectivity index (χ0) is 18.7. The van der Waals surface area contributed by atoms with E-state index in [-0.39, 0.29) is 11.4 Å². The molecule has 0 saturated heterocycles. The summed E-state index contributed by atoms with van der Waals surface area (Å²) in [7, 11) is 0. The van der Waals surface area contributed by atoms with Crippen LogP contribution in [0.3, 0.4) is 0 Å². The highest BCUT2D eigenvalue weighted by Crippen LogP contribution is 2.24. The average molecular weight is 350 g/mol. The summed E-state index contributed by atoms with van der Waals surface area (Å²) in [5, 5.41) is 6.50. The van der Waals surface area contributed by atoms with Gasteiger partial charge in [-0.3, -0.25) is 4.79 Å². The maximum Gasteiger partial charge on any atom is 0.316 e. The van der Waals surface area contributed by atoms with Gasteiger partial charge in [0.2, 0.25) is 0 Å². The standard InChI is InChI=1S/C18H18N6O2/c19-9-11-4-6-12(7-5-11)13-2-1-3-14(8-13)24-10-15(22-18(21)26)16(23-24)17(20)25/h1-8,10H,9,19H2,(H2,20,25)(H3,21,22,26). The Hall–Kier alpha value is -3.65. The molecule has 0 radical (unpaired) electrons. The number of aromatic nitrogens is 2. The topological polar surface area (TPSA) is 142 Å². The van der Waals surface area contributed by atoms with E-state index in [1.807, 2.05) is 48.5 Å². The molecule has 1 heterocycles. The van der Waals surface area contributed by atoms with Crippen molar-refractivity contribution in [3.8, 4) is 16.8 Å². The zero-order valence-electron chi connectivity index (χ0n) is 13.8. The number of hydrogen-bond acceptors (Lipinski definition) is 4. The van der Waals surface area contributed by atoms with Gasteiger partial charge in [0.05, 0.1) is 17.6 Å². The predicted molar refractivity (Wildman–Crippen MR) is 98.6 cm³/mol. The lowest BCUT2D eigenvalue weighted by Crippen LogP contribution is -2.22. The monoisotopic (exact) mass is 350 g/mol. The fourth-order valence-corrected chi connectivity index (χ4v) is 2.57. The average Bonchev–Trinajstić information content (AvgIpc) is 3.05. The summed E-state index contributed by atoms with van der Waals surface area (Å²) < 4.78 is 1.46. The molecule has 0 aliphatic rings. The SMILES string of the molecule is NCc1ccc(-c2cccc(-n3cc(NC(N)=O)c(C(N)=O)n3)c2)cc1. The number of carbonyl (C=O) groups excluding carboxylic acids is 2. The third-order valence-electron chi connectivity index (χ3n) is 3.84. The minimum Gasteiger partial charge on any atom is -0.364 e. The van der Waals surface area contributed by atoms with Crippen LogP contribution in [0, 0.1) is 0 Å². The highest BCUT2D eigenvalue weighted by atomic mass is 16.2. The summed E-state index contributed by atoms with van der Waals surface area (Å²) in [4.78, 5) is 22.6. The van der Waals surface area contributed by atoms with Crippen LogP contribution in [0.2, 0.25) is 0 Å². The molecule has 0 saturated carbocycles. The molecule has 0 atom stereocenters. The minimum atomic E-state index is -0.805. The first-order valence-corrected chi connectivity index (χ1v) is 7.83. The Kier molecular flexibility index (Phi) is 4.68. The van der Waals surface area contributed by atoms with Crippen LogP contribution in [0.5, 0.6) is 0 Å². The van der Waals surface area contributed by atoms with Crippen LogP contribution < -0.4 is 22.5 Å². The Bertz CT molecular complexity index is 962. The molecule has 1 aromatic heterocycles. The molecule has 2 aromatic carbocycles. The predicted octanol–water partition coefficient (Wildman–Crippen LogP) is 1.59. The highest BCUT2D eigenvalue weighted by Gasteiger charge is 2.16. The first kappa shape index (κ1) is 17.2. The summed E-state index contributed by atoms with van der Waals surface area (Å²) in [5.74, 6) is -0.763. The summed E-state index contributed by atoms with van der Waals surface area (Å²) >= 11 is 0. The second-order valence-electron chi connectivity index (χ2n) is 5.64. The van der Waals surface area contributed by atoms with E-state index in [0.717, 1.165) is 16.7 Å². The molecule has 0 spiro atoms. The maximum atomic E-state index is 11.5. The van der Waals surface area contributed by atoms with E-state index in [1.165, 1.54) is 10.9 Å². The molecule has 132 valence electrons. The van der Waals surface area contributed by atoms with Gasteiger partial charge in [0.25, 0.3) is 5.91 Å². The number of urea groups is 1. The molecule has 0 bridgehead atoms. The normalized spacial score (nSPS) is 10.5. The van der Waals surface area contributed by atoms with E-state index >= 15 is 0 Å². The fourth-order valence-electron chi connectivity index (χ4n) is 2.57. The number of amides is 3. The van der Waals surface area contributed by atoms with E-state index in [0.29, 0.717) is 12.2 Å². The van der Waals surface area contributed by atoms with Crippen LogP contribution in [-0.2, 0) is 6.54 Å². The van der Waals surface area contributed by atoms with Crippen molar-refractivity contribution in [2.24, 2.45) is 17.2 Å². The molecule has 0 fully saturated rings. The Morgan fingerprint density at radius 2 is 1.77 bits per heavy atom. The zero-order valence-corrected chi connectivity index (χ0v) is 13.8. The van der Waals surface area contributed by atoms with Gasteiger partial charge in [-0.15, -0.1) is 0 Å². The van der Waals surface area contributed by atoms with Crippen molar-refractivity contribution in [1.82, 2.24) is 9.78 Å². The molecule has 8 nitrogen and oxygen atoms in total. The molecule has 8 heteroatoms. The lowest BCUT2D eigenvalue weighted by Gasteiger charge is -2.06. The number of rotatable bonds is 5. The number of hydrogen-bond donors (Lipinski definition) is 4. The van der Waals surface area contributed by atoms with E-state index in [9.17, 15) is 9.59 Å². The van der Waals surface area contributed by atoms with Crippen molar-refractivity contribution in [3.05, 3.63) is 66.0 Å². The Morgan fingerprint density at radius 3 is 2.38 bits per heavy atom. The first-order valence-electron chi connectivity index (χ1n) is 7.83. The number of nitrogens with two attached hydrogens (primary N) is 3. The van der Waals surface area contributed by atoms with Gasteiger partial charge in [0.1, 0.15) is 0 Å². The van der Waals surface area contributed by atoms with E-state index in [2.05, 4.69) is 10.4 Å². The van der Waals surface area contributed by atoms with Crippen molar-refractivity contribution in [2.75, 3.05) is 5.32 Å². The second-order valence-corrected chi connectivity index (χ2v) is 5.64. The summed E-state index contributed by atoms with van der Waals surface area (Å²) in [6.07, 6.45) is 1.49. The van der Waals surface area contributed by atoms with Crippen molar-refractivity contribution in [1.29, 1.82) is 0 Å². The minimum absolute atomic E-state index is 0.0681. The molecule has 0 unspecified atom stereocenters. The third-order valence-corrected chi connectivity index (χ3v) is 3.84. The molecule has 3 amide bonds. The van der Waals surface area contributed by atoms with Gasteiger partial charge in [-0.2, -0.15) is 5.10 Å². The van der Waals surface area contributed by atoms with Gasteiger partial charge >= 0.3 is 6.03 Å². The lowest BCUT2D eigenvalue weighted by molar-refractivity contribution is 0.0996. The highest BCUT2D eigenvalue weighted by molar-refractivity contribution is 6.00. The van der Waals surface area contributed by atoms with Crippen LogP contribution in [0.15, 0.2) is 54.7 Å². The number of carbonyl (C=O) groups is 2. The van der Waals surface area contributed by atoms with Gasteiger partial charge in [0.15, 0.2) is 5.69 Å². The molecular formula is C18H18N6O2. The largest absolute Gasteiger partial charge is 0.364 e. The van der Waals surface area contributed by atoms with Crippen molar-refractivity contribution in [2.45, 2.75) is 6.54 Å². The van der Waals surface area contributed by atoms with Crippen LogP contribution in [0.25, 0.3) is 16.8 Å². The van der Waals surface area contributed by atoms with Crippen molar-refractivity contribution < 1.29 is 9.59 Å². The van der Waals surface area contributed by atoms with Gasteiger partial charge in [-0.25, -0.2) is 9.48 Å². The number of anilines is 1. The van der Waals surface area contributed by atoms with Gasteiger partial charge in [-0.1, -0.05) is 36.4 Å². The maximum absolute atomic E-state index is 11.5. The molecular weight excluding hydrogens is 332 g/mol. The lowest BCUT2D eigenvalue weighted by atomic mass is 10.0. The number of nitrogens with one attached hydrogen (secondary N) is 1. The number of benzene rings is 2. The van der Waals surface area contributed by atoms with Crippen molar-refractivity contribution in [3.63, 3.8) is 0 Å². The number of primary amides is 2. The van der Waals surface area contributed by atoms with Crippen LogP contribution in [0.1, 0.15) is 16.1 Å². The van der Waals surface area contributed by atoms with Gasteiger partial charge < -0.3 is 22.5 Å². The third kappa shape index (κ3) is 3.55. The second kappa shape index (κ2) is 7.08. The molecule has 0 aliphatic heterocycles. The Morgan fingerprint density at radius 1 is 1.04 bits per heavy atom. The van der Waals surface area contributed by atoms with E-state index < -0.39 is 11.9 Å². The summed E-state index contributed by atoms with van der Waals surface area (Å²) in [5.41, 5.74) is 19.9.